The van der Waals surface area contributed by atoms with Gasteiger partial charge in [0.05, 0.1) is 6.61 Å². The van der Waals surface area contributed by atoms with Gasteiger partial charge in [0.2, 0.25) is 0 Å². The molecule has 0 heterocycles. The van der Waals surface area contributed by atoms with Crippen LogP contribution in [0.15, 0.2) is 22.7 Å². The summed E-state index contributed by atoms with van der Waals surface area (Å²) in [6, 6.07) is 5.62. The zero-order valence-electron chi connectivity index (χ0n) is 12.0. The summed E-state index contributed by atoms with van der Waals surface area (Å²) in [6.07, 6.45) is 4.02. The summed E-state index contributed by atoms with van der Waals surface area (Å²) in [5.74, 6) is 1.19. The molecule has 1 aromatic rings. The number of ketones is 1. The Morgan fingerprint density at radius 3 is 2.32 bits per heavy atom. The lowest BCUT2D eigenvalue weighted by molar-refractivity contribution is 0.0904. The molecule has 2 nitrogen and oxygen atoms in total. The van der Waals surface area contributed by atoms with Crippen LogP contribution in [0.25, 0.3) is 0 Å². The predicted octanol–water partition coefficient (Wildman–Crippen LogP) is 5.25. The van der Waals surface area contributed by atoms with E-state index < -0.39 is 0 Å². The molecular formula is C16H23BrO2. The summed E-state index contributed by atoms with van der Waals surface area (Å²) < 4.78 is 6.27. The van der Waals surface area contributed by atoms with E-state index in [1.54, 1.807) is 0 Å². The molecule has 0 atom stereocenters. The van der Waals surface area contributed by atoms with Crippen molar-refractivity contribution < 1.29 is 9.53 Å². The molecule has 0 bridgehead atoms. The van der Waals surface area contributed by atoms with Crippen molar-refractivity contribution in [2.24, 2.45) is 5.92 Å². The molecule has 1 aromatic carbocycles. The second kappa shape index (κ2) is 8.36. The average Bonchev–Trinajstić information content (AvgIpc) is 2.38. The van der Waals surface area contributed by atoms with E-state index in [0.29, 0.717) is 6.61 Å². The van der Waals surface area contributed by atoms with Crippen molar-refractivity contribution in [1.82, 2.24) is 0 Å². The second-order valence-electron chi connectivity index (χ2n) is 4.71. The first-order valence-electron chi connectivity index (χ1n) is 7.10. The van der Waals surface area contributed by atoms with Crippen molar-refractivity contribution in [2.45, 2.75) is 46.5 Å². The number of ether oxygens (including phenoxy) is 1. The molecule has 0 saturated carbocycles. The third-order valence-electron chi connectivity index (χ3n) is 3.16. The molecule has 0 aliphatic carbocycles. The molecule has 0 N–H and O–H groups in total. The quantitative estimate of drug-likeness (QED) is 0.610. The molecule has 0 spiro atoms. The Bertz CT molecular complexity index is 409. The number of rotatable bonds is 8. The number of carbonyl (C=O) groups is 1. The van der Waals surface area contributed by atoms with E-state index in [4.69, 9.17) is 4.74 Å². The molecule has 0 aliphatic heterocycles. The monoisotopic (exact) mass is 326 g/mol. The number of benzene rings is 1. The Labute approximate surface area is 124 Å². The molecule has 19 heavy (non-hydrogen) atoms. The Kier molecular flexibility index (Phi) is 7.14. The van der Waals surface area contributed by atoms with Gasteiger partial charge in [-0.05, 0) is 53.9 Å². The van der Waals surface area contributed by atoms with Crippen molar-refractivity contribution >= 4 is 21.7 Å². The van der Waals surface area contributed by atoms with Gasteiger partial charge >= 0.3 is 0 Å². The average molecular weight is 327 g/mol. The summed E-state index contributed by atoms with van der Waals surface area (Å²) >= 11 is 3.49. The van der Waals surface area contributed by atoms with Gasteiger partial charge in [-0.2, -0.15) is 0 Å². The summed E-state index contributed by atoms with van der Waals surface area (Å²) in [4.78, 5) is 12.5. The molecule has 0 radical (unpaired) electrons. The molecule has 106 valence electrons. The van der Waals surface area contributed by atoms with E-state index in [0.717, 1.165) is 41.5 Å². The van der Waals surface area contributed by atoms with Gasteiger partial charge < -0.3 is 4.74 Å². The molecular weight excluding hydrogens is 304 g/mol. The smallest absolute Gasteiger partial charge is 0.167 e. The topological polar surface area (TPSA) is 26.3 Å². The van der Waals surface area contributed by atoms with Crippen molar-refractivity contribution in [3.05, 3.63) is 28.2 Å². The second-order valence-corrected chi connectivity index (χ2v) is 5.57. The van der Waals surface area contributed by atoms with Crippen LogP contribution in [0.4, 0.5) is 0 Å². The molecule has 0 aromatic heterocycles. The third kappa shape index (κ3) is 4.64. The third-order valence-corrected chi connectivity index (χ3v) is 3.82. The molecule has 0 fully saturated rings. The van der Waals surface area contributed by atoms with Crippen molar-refractivity contribution in [3.8, 4) is 5.75 Å². The number of carbonyl (C=O) groups excluding carboxylic acids is 1. The van der Waals surface area contributed by atoms with Gasteiger partial charge in [0, 0.05) is 16.0 Å². The van der Waals surface area contributed by atoms with Crippen LogP contribution >= 0.6 is 15.9 Å². The van der Waals surface area contributed by atoms with Crippen molar-refractivity contribution in [2.75, 3.05) is 6.61 Å². The fourth-order valence-electron chi connectivity index (χ4n) is 2.28. The van der Waals surface area contributed by atoms with Gasteiger partial charge in [-0.3, -0.25) is 4.79 Å². The molecule has 0 saturated heterocycles. The summed E-state index contributed by atoms with van der Waals surface area (Å²) in [5, 5.41) is 0. The maximum atomic E-state index is 12.5. The van der Waals surface area contributed by atoms with Crippen LogP contribution in [0.2, 0.25) is 0 Å². The van der Waals surface area contributed by atoms with E-state index in [1.165, 1.54) is 0 Å². The van der Waals surface area contributed by atoms with Crippen LogP contribution in [-0.4, -0.2) is 12.4 Å². The standard InChI is InChI=1S/C16H23BrO2/c1-4-7-12(8-5-2)16(18)14-10-9-13(19-6-3)11-15(14)17/h9-12H,4-8H2,1-3H3. The van der Waals surface area contributed by atoms with E-state index >= 15 is 0 Å². The lowest BCUT2D eigenvalue weighted by Crippen LogP contribution is -2.15. The van der Waals surface area contributed by atoms with Gasteiger partial charge in [-0.1, -0.05) is 26.7 Å². The maximum absolute atomic E-state index is 12.5. The first-order valence-corrected chi connectivity index (χ1v) is 7.89. The summed E-state index contributed by atoms with van der Waals surface area (Å²) in [7, 11) is 0. The van der Waals surface area contributed by atoms with Crippen LogP contribution in [0.5, 0.6) is 5.75 Å². The summed E-state index contributed by atoms with van der Waals surface area (Å²) in [6.45, 7) is 6.84. The van der Waals surface area contributed by atoms with E-state index in [1.807, 2.05) is 25.1 Å². The normalized spacial score (nSPS) is 10.8. The highest BCUT2D eigenvalue weighted by molar-refractivity contribution is 9.10. The van der Waals surface area contributed by atoms with Gasteiger partial charge in [0.1, 0.15) is 5.75 Å². The highest BCUT2D eigenvalue weighted by atomic mass is 79.9. The number of halogens is 1. The van der Waals surface area contributed by atoms with Crippen LogP contribution in [0.1, 0.15) is 56.8 Å². The fourth-order valence-corrected chi connectivity index (χ4v) is 2.83. The minimum Gasteiger partial charge on any atom is -0.494 e. The van der Waals surface area contributed by atoms with Crippen molar-refractivity contribution in [3.63, 3.8) is 0 Å². The zero-order valence-corrected chi connectivity index (χ0v) is 13.6. The van der Waals surface area contributed by atoms with Crippen LogP contribution in [0.3, 0.4) is 0 Å². The van der Waals surface area contributed by atoms with E-state index in [9.17, 15) is 4.79 Å². The van der Waals surface area contributed by atoms with Gasteiger partial charge in [-0.25, -0.2) is 0 Å². The number of Topliss-reactive ketones (excluding diaryl/α,β-unsaturated/α-hetero) is 1. The van der Waals surface area contributed by atoms with E-state index in [2.05, 4.69) is 29.8 Å². The number of hydrogen-bond donors (Lipinski definition) is 0. The lowest BCUT2D eigenvalue weighted by atomic mass is 9.90. The SMILES string of the molecule is CCCC(CCC)C(=O)c1ccc(OCC)cc1Br. The minimum absolute atomic E-state index is 0.143. The first-order chi connectivity index (χ1) is 9.13. The van der Waals surface area contributed by atoms with Crippen LogP contribution in [-0.2, 0) is 0 Å². The predicted molar refractivity (Wildman–Crippen MR) is 82.9 cm³/mol. The molecule has 1 rings (SSSR count). The van der Waals surface area contributed by atoms with E-state index in [-0.39, 0.29) is 11.7 Å². The van der Waals surface area contributed by atoms with Gasteiger partial charge in [0.15, 0.2) is 5.78 Å². The Morgan fingerprint density at radius 1 is 1.21 bits per heavy atom. The summed E-state index contributed by atoms with van der Waals surface area (Å²) in [5.41, 5.74) is 0.773. The Morgan fingerprint density at radius 2 is 1.84 bits per heavy atom. The minimum atomic E-state index is 0.143. The van der Waals surface area contributed by atoms with Crippen LogP contribution in [0, 0.1) is 5.92 Å². The van der Waals surface area contributed by atoms with Gasteiger partial charge in [0.25, 0.3) is 0 Å². The van der Waals surface area contributed by atoms with Crippen molar-refractivity contribution in [1.29, 1.82) is 0 Å². The zero-order chi connectivity index (χ0) is 14.3. The fraction of sp³-hybridized carbons (Fsp3) is 0.562. The lowest BCUT2D eigenvalue weighted by Gasteiger charge is -2.15. The first kappa shape index (κ1) is 16.2. The Balaban J connectivity index is 2.91. The Hall–Kier alpha value is -0.830. The molecule has 0 aliphatic rings. The molecule has 3 heteroatoms. The molecule has 0 unspecified atom stereocenters. The van der Waals surface area contributed by atoms with Crippen LogP contribution < -0.4 is 4.74 Å². The maximum Gasteiger partial charge on any atom is 0.167 e. The highest BCUT2D eigenvalue weighted by Crippen LogP contribution is 2.28. The highest BCUT2D eigenvalue weighted by Gasteiger charge is 2.20. The number of hydrogen-bond acceptors (Lipinski definition) is 2. The van der Waals surface area contributed by atoms with Gasteiger partial charge in [-0.15, -0.1) is 0 Å². The largest absolute Gasteiger partial charge is 0.494 e. The molecule has 0 amide bonds.